The number of amides is 1. The predicted octanol–water partition coefficient (Wildman–Crippen LogP) is 8.00. The molecular weight excluding hydrogens is 754 g/mol. The van der Waals surface area contributed by atoms with E-state index in [1.165, 1.54) is 80.2 Å². The molecule has 10 heteroatoms. The second-order valence-electron chi connectivity index (χ2n) is 13.9. The summed E-state index contributed by atoms with van der Waals surface area (Å²) in [5, 5.41) is 29.7. The maximum atomic E-state index is 13.3. The van der Waals surface area contributed by atoms with Gasteiger partial charge in [0.2, 0.25) is 5.91 Å². The summed E-state index contributed by atoms with van der Waals surface area (Å²) in [4.78, 5) is 15.4. The Bertz CT molecular complexity index is 1940. The Balaban J connectivity index is 0.000000203. The number of likely N-dealkylation sites (N-methyl/N-ethyl adjacent to an activating group) is 1. The molecule has 0 aromatic heterocycles. The first kappa shape index (κ1) is 42.3. The number of anilines is 1. The monoisotopic (exact) mass is 803 g/mol. The molecule has 4 aromatic rings. The molecule has 3 aliphatic rings. The summed E-state index contributed by atoms with van der Waals surface area (Å²) in [6.45, 7) is 11.7. The van der Waals surface area contributed by atoms with Crippen molar-refractivity contribution < 1.29 is 51.7 Å². The van der Waals surface area contributed by atoms with Crippen molar-refractivity contribution in [2.75, 3.05) is 44.7 Å². The van der Waals surface area contributed by atoms with Crippen LogP contribution in [0.4, 0.5) is 10.1 Å². The minimum absolute atomic E-state index is 0. The summed E-state index contributed by atoms with van der Waals surface area (Å²) >= 11 is 0. The van der Waals surface area contributed by atoms with E-state index in [0.717, 1.165) is 44.5 Å². The number of hydrogen-bond acceptors (Lipinski definition) is 7. The van der Waals surface area contributed by atoms with Gasteiger partial charge in [-0.25, -0.2) is 4.39 Å². The maximum absolute atomic E-state index is 13.3. The summed E-state index contributed by atoms with van der Waals surface area (Å²) in [6, 6.07) is 24.4. The standard InChI is InChI=1S/C23H30N2.C16H10FN2O2.C5H9NO.Y/c1-18-20(22-12-6-9-19-8-5-11-21(19)22)10-7-13-23(18)24(2)16-17-25-14-3-4-15-25;1-10-2-15(20)14(17)6-16(10)21-9-13-4-11(7-18)3-12(5-13)8-19;7-5-3-1-2-4-6-5;/h6-7,9-10,12-13H,3-5,8,11,14-17H2,1-2H3;2-6,20H,1,9H2;1-4H2,(H,6,7);/q;-1;;. The third-order valence-electron chi connectivity index (χ3n) is 10.0. The Hall–Kier alpha value is -4.41. The van der Waals surface area contributed by atoms with E-state index in [1.54, 1.807) is 23.3 Å². The van der Waals surface area contributed by atoms with Crippen LogP contribution in [0, 0.1) is 42.3 Å². The van der Waals surface area contributed by atoms with E-state index in [2.05, 4.69) is 72.4 Å². The third-order valence-corrected chi connectivity index (χ3v) is 10.0. The SMILES string of the molecule is Cc1c(-c2cccc3c2CCC3)cccc1N(C)CCN1CCCC1.O=C1CCCCN1.[CH2-]c1cc(O)c(F)cc1OCc1cc(C#N)cc(C#N)c1.[Y]. The maximum Gasteiger partial charge on any atom is 0.219 e. The smallest absolute Gasteiger partial charge is 0.219 e. The van der Waals surface area contributed by atoms with Crippen LogP contribution in [0.3, 0.4) is 0 Å². The van der Waals surface area contributed by atoms with Crippen LogP contribution >= 0.6 is 0 Å². The van der Waals surface area contributed by atoms with Gasteiger partial charge < -0.3 is 25.0 Å². The molecular formula is C44H49FN5O3Y-. The summed E-state index contributed by atoms with van der Waals surface area (Å²) in [5.74, 6) is -0.899. The number of rotatable bonds is 8. The fourth-order valence-electron chi connectivity index (χ4n) is 7.13. The van der Waals surface area contributed by atoms with Gasteiger partial charge >= 0.3 is 0 Å². The number of aryl methyl sites for hydroxylation is 1. The van der Waals surface area contributed by atoms with Crippen molar-refractivity contribution in [2.45, 2.75) is 64.9 Å². The number of fused-ring (bicyclic) bond motifs is 1. The molecule has 1 radical (unpaired) electrons. The Kier molecular flexibility index (Phi) is 16.4. The van der Waals surface area contributed by atoms with Gasteiger partial charge in [-0.2, -0.15) is 23.0 Å². The van der Waals surface area contributed by atoms with E-state index >= 15 is 0 Å². The topological polar surface area (TPSA) is 113 Å². The quantitative estimate of drug-likeness (QED) is 0.174. The Morgan fingerprint density at radius 2 is 1.63 bits per heavy atom. The van der Waals surface area contributed by atoms with Crippen molar-refractivity contribution in [2.24, 2.45) is 0 Å². The molecule has 4 aromatic carbocycles. The molecule has 2 heterocycles. The van der Waals surface area contributed by atoms with Gasteiger partial charge in [0.1, 0.15) is 5.82 Å². The van der Waals surface area contributed by atoms with Gasteiger partial charge in [0, 0.05) is 77.2 Å². The third kappa shape index (κ3) is 11.5. The molecule has 2 fully saturated rings. The van der Waals surface area contributed by atoms with E-state index in [0.29, 0.717) is 22.3 Å². The number of nitrogens with one attached hydrogen (secondary N) is 1. The first-order valence-corrected chi connectivity index (χ1v) is 18.5. The molecule has 0 unspecified atom stereocenters. The van der Waals surface area contributed by atoms with Crippen LogP contribution in [0.2, 0.25) is 0 Å². The van der Waals surface area contributed by atoms with Crippen molar-refractivity contribution >= 4 is 11.6 Å². The van der Waals surface area contributed by atoms with Gasteiger partial charge in [0.05, 0.1) is 35.6 Å². The molecule has 1 aliphatic carbocycles. The van der Waals surface area contributed by atoms with Gasteiger partial charge in [-0.15, -0.1) is 6.07 Å². The van der Waals surface area contributed by atoms with Crippen LogP contribution in [0.25, 0.3) is 11.1 Å². The summed E-state index contributed by atoms with van der Waals surface area (Å²) in [6.07, 6.45) is 9.50. The second-order valence-corrected chi connectivity index (χ2v) is 13.9. The van der Waals surface area contributed by atoms with Gasteiger partial charge in [0.15, 0.2) is 0 Å². The van der Waals surface area contributed by atoms with Gasteiger partial charge in [0.25, 0.3) is 0 Å². The zero-order chi connectivity index (χ0) is 37.7. The molecule has 1 amide bonds. The van der Waals surface area contributed by atoms with E-state index < -0.39 is 11.6 Å². The molecule has 2 aliphatic heterocycles. The van der Waals surface area contributed by atoms with E-state index in [-0.39, 0.29) is 51.0 Å². The molecule has 279 valence electrons. The molecule has 2 saturated heterocycles. The number of piperidine rings is 1. The Morgan fingerprint density at radius 3 is 2.28 bits per heavy atom. The number of nitriles is 2. The number of halogens is 1. The van der Waals surface area contributed by atoms with Crippen LogP contribution in [0.1, 0.15) is 77.5 Å². The average Bonchev–Trinajstić information content (AvgIpc) is 3.89. The van der Waals surface area contributed by atoms with Crippen LogP contribution < -0.4 is 15.0 Å². The number of benzene rings is 4. The molecule has 0 saturated carbocycles. The van der Waals surface area contributed by atoms with Crippen molar-refractivity contribution in [1.29, 1.82) is 10.5 Å². The molecule has 2 N–H and O–H groups in total. The van der Waals surface area contributed by atoms with E-state index in [1.807, 2.05) is 12.1 Å². The number of likely N-dealkylation sites (tertiary alicyclic amines) is 1. The van der Waals surface area contributed by atoms with Crippen LogP contribution in [0.15, 0.2) is 66.7 Å². The number of nitrogens with zero attached hydrogens (tertiary/aromatic N) is 4. The van der Waals surface area contributed by atoms with E-state index in [9.17, 15) is 14.3 Å². The summed E-state index contributed by atoms with van der Waals surface area (Å²) in [7, 11) is 2.25. The number of aromatic hydroxyl groups is 1. The number of carbonyl (C=O) groups excluding carboxylic acids is 1. The zero-order valence-electron chi connectivity index (χ0n) is 31.5. The normalized spacial score (nSPS) is 14.4. The van der Waals surface area contributed by atoms with Gasteiger partial charge in [-0.3, -0.25) is 4.79 Å². The van der Waals surface area contributed by atoms with Crippen LogP contribution in [0.5, 0.6) is 11.5 Å². The number of ether oxygens (including phenoxy) is 1. The molecule has 54 heavy (non-hydrogen) atoms. The van der Waals surface area contributed by atoms with Crippen molar-refractivity contribution in [1.82, 2.24) is 10.2 Å². The summed E-state index contributed by atoms with van der Waals surface area (Å²) in [5.41, 5.74) is 10.5. The van der Waals surface area contributed by atoms with Gasteiger partial charge in [-0.1, -0.05) is 30.3 Å². The summed E-state index contributed by atoms with van der Waals surface area (Å²) < 4.78 is 18.7. The zero-order valence-corrected chi connectivity index (χ0v) is 34.3. The van der Waals surface area contributed by atoms with E-state index in [4.69, 9.17) is 15.3 Å². The second kappa shape index (κ2) is 20.9. The average molecular weight is 804 g/mol. The van der Waals surface area contributed by atoms with Crippen molar-refractivity contribution in [3.05, 3.63) is 118 Å². The van der Waals surface area contributed by atoms with Gasteiger partial charge in [-0.05, 0) is 129 Å². The first-order chi connectivity index (χ1) is 25.7. The fraction of sp³-hybridized carbons (Fsp3) is 0.364. The van der Waals surface area contributed by atoms with Crippen molar-refractivity contribution in [3.63, 3.8) is 0 Å². The molecule has 0 bridgehead atoms. The number of hydrogen-bond donors (Lipinski definition) is 2. The number of carbonyl (C=O) groups is 1. The Morgan fingerprint density at radius 1 is 0.926 bits per heavy atom. The minimum atomic E-state index is -0.805. The predicted molar refractivity (Wildman–Crippen MR) is 207 cm³/mol. The largest absolute Gasteiger partial charge is 0.546 e. The molecule has 7 rings (SSSR count). The number of phenolic OH excluding ortho intramolecular Hbond substituents is 1. The van der Waals surface area contributed by atoms with Crippen LogP contribution in [-0.2, 0) is 57.0 Å². The molecule has 0 spiro atoms. The first-order valence-electron chi connectivity index (χ1n) is 18.5. The fourth-order valence-corrected chi connectivity index (χ4v) is 7.13. The minimum Gasteiger partial charge on any atom is -0.546 e. The van der Waals surface area contributed by atoms with Crippen molar-refractivity contribution in [3.8, 4) is 34.8 Å². The Labute approximate surface area is 344 Å². The molecule has 8 nitrogen and oxygen atoms in total. The molecule has 0 atom stereocenters. The number of phenols is 1. The van der Waals surface area contributed by atoms with Crippen LogP contribution in [-0.4, -0.2) is 55.7 Å².